The molecular formula is C18H17ClFNO2. The van der Waals surface area contributed by atoms with Crippen molar-refractivity contribution in [3.63, 3.8) is 0 Å². The van der Waals surface area contributed by atoms with Crippen LogP contribution in [0.2, 0.25) is 5.02 Å². The van der Waals surface area contributed by atoms with Crippen LogP contribution >= 0.6 is 11.6 Å². The summed E-state index contributed by atoms with van der Waals surface area (Å²) >= 11 is 5.92. The summed E-state index contributed by atoms with van der Waals surface area (Å²) < 4.78 is 12.8. The van der Waals surface area contributed by atoms with E-state index >= 15 is 0 Å². The molecule has 0 saturated heterocycles. The van der Waals surface area contributed by atoms with Gasteiger partial charge < -0.3 is 5.32 Å². The van der Waals surface area contributed by atoms with E-state index in [0.29, 0.717) is 10.6 Å². The lowest BCUT2D eigenvalue weighted by atomic mass is 10.1. The van der Waals surface area contributed by atoms with Crippen LogP contribution in [0.1, 0.15) is 41.7 Å². The number of benzene rings is 2. The molecule has 0 unspecified atom stereocenters. The topological polar surface area (TPSA) is 46.2 Å². The smallest absolute Gasteiger partial charge is 0.220 e. The fourth-order valence-electron chi connectivity index (χ4n) is 2.18. The van der Waals surface area contributed by atoms with Crippen LogP contribution in [0.3, 0.4) is 0 Å². The van der Waals surface area contributed by atoms with E-state index in [2.05, 4.69) is 5.32 Å². The summed E-state index contributed by atoms with van der Waals surface area (Å²) in [6.45, 7) is 1.85. The van der Waals surface area contributed by atoms with Gasteiger partial charge in [0.1, 0.15) is 5.82 Å². The van der Waals surface area contributed by atoms with Crippen molar-refractivity contribution in [1.29, 1.82) is 0 Å². The SMILES string of the molecule is C[C@@H](NC(=O)CCC(=O)c1ccc(F)cc1)c1cccc(Cl)c1. The molecule has 5 heteroatoms. The molecule has 0 aromatic heterocycles. The highest BCUT2D eigenvalue weighted by atomic mass is 35.5. The molecule has 0 aliphatic carbocycles. The van der Waals surface area contributed by atoms with Crippen molar-refractivity contribution >= 4 is 23.3 Å². The minimum absolute atomic E-state index is 0.0831. The first-order valence-corrected chi connectivity index (χ1v) is 7.67. The Bertz CT molecular complexity index is 700. The Kier molecular flexibility index (Phi) is 5.88. The number of rotatable bonds is 6. The van der Waals surface area contributed by atoms with Crippen LogP contribution in [0.15, 0.2) is 48.5 Å². The molecule has 2 aromatic rings. The first-order valence-electron chi connectivity index (χ1n) is 7.29. The highest BCUT2D eigenvalue weighted by Crippen LogP contribution is 2.17. The molecule has 3 nitrogen and oxygen atoms in total. The van der Waals surface area contributed by atoms with Crippen molar-refractivity contribution in [2.24, 2.45) is 0 Å². The monoisotopic (exact) mass is 333 g/mol. The normalized spacial score (nSPS) is 11.8. The Labute approximate surface area is 139 Å². The third-order valence-corrected chi connectivity index (χ3v) is 3.71. The Morgan fingerprint density at radius 1 is 1.13 bits per heavy atom. The van der Waals surface area contributed by atoms with E-state index in [4.69, 9.17) is 11.6 Å². The fourth-order valence-corrected chi connectivity index (χ4v) is 2.38. The average molecular weight is 334 g/mol. The molecule has 0 saturated carbocycles. The number of ketones is 1. The quantitative estimate of drug-likeness (QED) is 0.800. The lowest BCUT2D eigenvalue weighted by Crippen LogP contribution is -2.26. The van der Waals surface area contributed by atoms with Gasteiger partial charge in [0, 0.05) is 23.4 Å². The molecule has 1 N–H and O–H groups in total. The maximum Gasteiger partial charge on any atom is 0.220 e. The maximum atomic E-state index is 12.8. The van der Waals surface area contributed by atoms with Crippen molar-refractivity contribution in [3.8, 4) is 0 Å². The molecule has 0 fully saturated rings. The lowest BCUT2D eigenvalue weighted by Gasteiger charge is -2.14. The highest BCUT2D eigenvalue weighted by molar-refractivity contribution is 6.30. The second kappa shape index (κ2) is 7.88. The summed E-state index contributed by atoms with van der Waals surface area (Å²) in [6.07, 6.45) is 0.168. The summed E-state index contributed by atoms with van der Waals surface area (Å²) in [7, 11) is 0. The van der Waals surface area contributed by atoms with E-state index < -0.39 is 5.82 Å². The van der Waals surface area contributed by atoms with Gasteiger partial charge in [-0.25, -0.2) is 4.39 Å². The molecule has 0 radical (unpaired) electrons. The van der Waals surface area contributed by atoms with Gasteiger partial charge in [0.05, 0.1) is 6.04 Å². The molecule has 0 aliphatic rings. The Morgan fingerprint density at radius 2 is 1.83 bits per heavy atom. The number of amides is 1. The average Bonchev–Trinajstić information content (AvgIpc) is 2.53. The van der Waals surface area contributed by atoms with Crippen molar-refractivity contribution in [2.45, 2.75) is 25.8 Å². The Morgan fingerprint density at radius 3 is 2.48 bits per heavy atom. The van der Waals surface area contributed by atoms with Crippen molar-refractivity contribution in [3.05, 3.63) is 70.5 Å². The summed E-state index contributed by atoms with van der Waals surface area (Å²) in [4.78, 5) is 23.9. The van der Waals surface area contributed by atoms with E-state index in [1.54, 1.807) is 12.1 Å². The minimum atomic E-state index is -0.394. The zero-order valence-corrected chi connectivity index (χ0v) is 13.4. The third kappa shape index (κ3) is 5.18. The number of carbonyl (C=O) groups excluding carboxylic acids is 2. The number of carbonyl (C=O) groups is 2. The fraction of sp³-hybridized carbons (Fsp3) is 0.222. The van der Waals surface area contributed by atoms with E-state index in [-0.39, 0.29) is 30.6 Å². The van der Waals surface area contributed by atoms with Gasteiger partial charge in [-0.2, -0.15) is 0 Å². The summed E-state index contributed by atoms with van der Waals surface area (Å²) in [6, 6.07) is 12.4. The molecule has 0 bridgehead atoms. The molecule has 0 aliphatic heterocycles. The first-order chi connectivity index (χ1) is 11.0. The van der Waals surface area contributed by atoms with Gasteiger partial charge in [0.25, 0.3) is 0 Å². The second-order valence-electron chi connectivity index (χ2n) is 5.27. The molecule has 23 heavy (non-hydrogen) atoms. The zero-order chi connectivity index (χ0) is 16.8. The van der Waals surface area contributed by atoms with Gasteiger partial charge in [-0.15, -0.1) is 0 Å². The second-order valence-corrected chi connectivity index (χ2v) is 5.71. The Hall–Kier alpha value is -2.20. The maximum absolute atomic E-state index is 12.8. The number of hydrogen-bond donors (Lipinski definition) is 1. The Balaban J connectivity index is 1.85. The summed E-state index contributed by atoms with van der Waals surface area (Å²) in [5.41, 5.74) is 1.30. The van der Waals surface area contributed by atoms with Gasteiger partial charge >= 0.3 is 0 Å². The van der Waals surface area contributed by atoms with E-state index in [1.807, 2.05) is 19.1 Å². The van der Waals surface area contributed by atoms with Crippen LogP contribution in [-0.2, 0) is 4.79 Å². The van der Waals surface area contributed by atoms with Gasteiger partial charge in [-0.3, -0.25) is 9.59 Å². The largest absolute Gasteiger partial charge is 0.350 e. The predicted molar refractivity (Wildman–Crippen MR) is 88.0 cm³/mol. The van der Waals surface area contributed by atoms with E-state index in [9.17, 15) is 14.0 Å². The van der Waals surface area contributed by atoms with Crippen LogP contribution in [0.25, 0.3) is 0 Å². The number of nitrogens with one attached hydrogen (secondary N) is 1. The zero-order valence-electron chi connectivity index (χ0n) is 12.7. The molecule has 1 atom stereocenters. The van der Waals surface area contributed by atoms with Crippen LogP contribution in [0, 0.1) is 5.82 Å². The van der Waals surface area contributed by atoms with Crippen molar-refractivity contribution in [1.82, 2.24) is 5.32 Å². The summed E-state index contributed by atoms with van der Waals surface area (Å²) in [5.74, 6) is -0.793. The predicted octanol–water partition coefficient (Wildman–Crippen LogP) is 4.32. The van der Waals surface area contributed by atoms with Gasteiger partial charge in [0.15, 0.2) is 5.78 Å². The third-order valence-electron chi connectivity index (χ3n) is 3.47. The molecule has 120 valence electrons. The van der Waals surface area contributed by atoms with Gasteiger partial charge in [0.2, 0.25) is 5.91 Å². The molecule has 2 aromatic carbocycles. The van der Waals surface area contributed by atoms with Crippen LogP contribution in [-0.4, -0.2) is 11.7 Å². The summed E-state index contributed by atoms with van der Waals surface area (Å²) in [5, 5.41) is 3.44. The molecule has 0 heterocycles. The lowest BCUT2D eigenvalue weighted by molar-refractivity contribution is -0.121. The number of Topliss-reactive ketones (excluding diaryl/α,β-unsaturated/α-hetero) is 1. The van der Waals surface area contributed by atoms with Crippen molar-refractivity contribution < 1.29 is 14.0 Å². The van der Waals surface area contributed by atoms with Crippen LogP contribution in [0.4, 0.5) is 4.39 Å². The molecule has 2 rings (SSSR count). The van der Waals surface area contributed by atoms with E-state index in [0.717, 1.165) is 5.56 Å². The van der Waals surface area contributed by atoms with Gasteiger partial charge in [-0.1, -0.05) is 23.7 Å². The highest BCUT2D eigenvalue weighted by Gasteiger charge is 2.13. The minimum Gasteiger partial charge on any atom is -0.350 e. The standard InChI is InChI=1S/C18H17ClFNO2/c1-12(14-3-2-4-15(19)11-14)21-18(23)10-9-17(22)13-5-7-16(20)8-6-13/h2-8,11-12H,9-10H2,1H3,(H,21,23)/t12-/m1/s1. The van der Waals surface area contributed by atoms with Crippen LogP contribution in [0.5, 0.6) is 0 Å². The van der Waals surface area contributed by atoms with Crippen molar-refractivity contribution in [2.75, 3.05) is 0 Å². The number of hydrogen-bond acceptors (Lipinski definition) is 2. The molecule has 1 amide bonds. The first kappa shape index (κ1) is 17.2. The van der Waals surface area contributed by atoms with E-state index in [1.165, 1.54) is 24.3 Å². The molecular weight excluding hydrogens is 317 g/mol. The van der Waals surface area contributed by atoms with Gasteiger partial charge in [-0.05, 0) is 48.9 Å². The number of halogens is 2. The van der Waals surface area contributed by atoms with Crippen LogP contribution < -0.4 is 5.32 Å². The molecule has 0 spiro atoms.